The van der Waals surface area contributed by atoms with Gasteiger partial charge in [-0.1, -0.05) is 25.6 Å². The van der Waals surface area contributed by atoms with E-state index in [4.69, 9.17) is 4.74 Å². The van der Waals surface area contributed by atoms with E-state index < -0.39 is 0 Å². The average Bonchev–Trinajstić information content (AvgIpc) is 2.45. The van der Waals surface area contributed by atoms with Gasteiger partial charge in [0, 0.05) is 12.6 Å². The number of hydrogen-bond donors (Lipinski definition) is 0. The van der Waals surface area contributed by atoms with Crippen LogP contribution in [0.4, 0.5) is 0 Å². The zero-order chi connectivity index (χ0) is 15.1. The van der Waals surface area contributed by atoms with E-state index in [1.807, 2.05) is 36.9 Å². The first-order chi connectivity index (χ1) is 9.54. The number of rotatable bonds is 7. The van der Waals surface area contributed by atoms with Crippen LogP contribution >= 0.6 is 0 Å². The Morgan fingerprint density at radius 3 is 2.70 bits per heavy atom. The SMILES string of the molecule is C=CCOc1cc(C)ccc1C(=O)N(CC)C(C)CC. The lowest BCUT2D eigenvalue weighted by Gasteiger charge is -2.28. The fraction of sp³-hybridized carbons (Fsp3) is 0.471. The van der Waals surface area contributed by atoms with Crippen LogP contribution < -0.4 is 4.74 Å². The van der Waals surface area contributed by atoms with Crippen LogP contribution in [-0.2, 0) is 0 Å². The molecule has 0 spiro atoms. The van der Waals surface area contributed by atoms with Crippen LogP contribution in [0.1, 0.15) is 43.1 Å². The van der Waals surface area contributed by atoms with E-state index in [1.165, 1.54) is 0 Å². The quantitative estimate of drug-likeness (QED) is 0.708. The molecular weight excluding hydrogens is 250 g/mol. The van der Waals surface area contributed by atoms with Gasteiger partial charge in [0.1, 0.15) is 12.4 Å². The highest BCUT2D eigenvalue weighted by Crippen LogP contribution is 2.23. The maximum atomic E-state index is 12.7. The third kappa shape index (κ3) is 3.86. The summed E-state index contributed by atoms with van der Waals surface area (Å²) in [4.78, 5) is 14.6. The molecule has 0 heterocycles. The van der Waals surface area contributed by atoms with E-state index in [9.17, 15) is 4.79 Å². The molecule has 0 aliphatic heterocycles. The summed E-state index contributed by atoms with van der Waals surface area (Å²) in [6.07, 6.45) is 2.62. The second-order valence-electron chi connectivity index (χ2n) is 4.95. The average molecular weight is 275 g/mol. The normalized spacial score (nSPS) is 11.8. The number of hydrogen-bond acceptors (Lipinski definition) is 2. The zero-order valence-electron chi connectivity index (χ0n) is 13.0. The van der Waals surface area contributed by atoms with Crippen molar-refractivity contribution in [2.24, 2.45) is 0 Å². The van der Waals surface area contributed by atoms with Crippen molar-refractivity contribution in [2.45, 2.75) is 40.2 Å². The first kappa shape index (κ1) is 16.3. The third-order valence-corrected chi connectivity index (χ3v) is 3.45. The molecule has 3 nitrogen and oxygen atoms in total. The molecule has 0 aromatic heterocycles. The van der Waals surface area contributed by atoms with Crippen LogP contribution in [0.15, 0.2) is 30.9 Å². The standard InChI is InChI=1S/C17H25NO2/c1-6-11-20-16-12-13(4)9-10-15(16)17(19)18(8-3)14(5)7-2/h6,9-10,12,14H,1,7-8,11H2,2-5H3. The van der Waals surface area contributed by atoms with Gasteiger partial charge in [0.25, 0.3) is 5.91 Å². The Bertz CT molecular complexity index is 468. The minimum absolute atomic E-state index is 0.0286. The molecule has 0 aliphatic rings. The summed E-state index contributed by atoms with van der Waals surface area (Å²) in [7, 11) is 0. The molecule has 0 fully saturated rings. The summed E-state index contributed by atoms with van der Waals surface area (Å²) in [6.45, 7) is 12.9. The molecule has 0 aliphatic carbocycles. The minimum Gasteiger partial charge on any atom is -0.489 e. The molecule has 0 radical (unpaired) electrons. The van der Waals surface area contributed by atoms with Gasteiger partial charge in [-0.2, -0.15) is 0 Å². The second kappa shape index (κ2) is 7.73. The molecular formula is C17H25NO2. The fourth-order valence-corrected chi connectivity index (χ4v) is 2.10. The predicted molar refractivity (Wildman–Crippen MR) is 83.3 cm³/mol. The molecule has 0 saturated carbocycles. The van der Waals surface area contributed by atoms with Crippen molar-refractivity contribution in [1.82, 2.24) is 4.90 Å². The van der Waals surface area contributed by atoms with Crippen molar-refractivity contribution in [3.63, 3.8) is 0 Å². The van der Waals surface area contributed by atoms with Gasteiger partial charge in [-0.25, -0.2) is 0 Å². The highest BCUT2D eigenvalue weighted by atomic mass is 16.5. The van der Waals surface area contributed by atoms with Crippen molar-refractivity contribution in [3.05, 3.63) is 42.0 Å². The smallest absolute Gasteiger partial charge is 0.257 e. The Labute approximate surface area is 122 Å². The molecule has 20 heavy (non-hydrogen) atoms. The monoisotopic (exact) mass is 275 g/mol. The molecule has 1 aromatic carbocycles. The zero-order valence-corrected chi connectivity index (χ0v) is 13.0. The highest BCUT2D eigenvalue weighted by molar-refractivity contribution is 5.97. The molecule has 0 bridgehead atoms. The topological polar surface area (TPSA) is 29.5 Å². The Balaban J connectivity index is 3.09. The lowest BCUT2D eigenvalue weighted by Crippen LogP contribution is -2.38. The lowest BCUT2D eigenvalue weighted by atomic mass is 10.1. The molecule has 1 rings (SSSR count). The Morgan fingerprint density at radius 1 is 1.45 bits per heavy atom. The highest BCUT2D eigenvalue weighted by Gasteiger charge is 2.22. The first-order valence-electron chi connectivity index (χ1n) is 7.20. The van der Waals surface area contributed by atoms with E-state index in [2.05, 4.69) is 20.4 Å². The lowest BCUT2D eigenvalue weighted by molar-refractivity contribution is 0.0696. The molecule has 0 saturated heterocycles. The van der Waals surface area contributed by atoms with Crippen molar-refractivity contribution in [2.75, 3.05) is 13.2 Å². The number of amides is 1. The van der Waals surface area contributed by atoms with Gasteiger partial charge in [-0.3, -0.25) is 4.79 Å². The van der Waals surface area contributed by atoms with E-state index in [0.717, 1.165) is 12.0 Å². The number of carbonyl (C=O) groups is 1. The first-order valence-corrected chi connectivity index (χ1v) is 7.20. The maximum absolute atomic E-state index is 12.7. The maximum Gasteiger partial charge on any atom is 0.257 e. The van der Waals surface area contributed by atoms with Crippen LogP contribution in [0.5, 0.6) is 5.75 Å². The number of benzene rings is 1. The van der Waals surface area contributed by atoms with Crippen molar-refractivity contribution < 1.29 is 9.53 Å². The minimum atomic E-state index is 0.0286. The molecule has 3 heteroatoms. The van der Waals surface area contributed by atoms with Gasteiger partial charge in [-0.05, 0) is 44.9 Å². The van der Waals surface area contributed by atoms with E-state index in [0.29, 0.717) is 24.5 Å². The van der Waals surface area contributed by atoms with Gasteiger partial charge in [-0.15, -0.1) is 0 Å². The van der Waals surface area contributed by atoms with Crippen LogP contribution in [-0.4, -0.2) is 30.0 Å². The van der Waals surface area contributed by atoms with E-state index in [1.54, 1.807) is 6.08 Å². The summed E-state index contributed by atoms with van der Waals surface area (Å²) in [5.74, 6) is 0.664. The van der Waals surface area contributed by atoms with Crippen molar-refractivity contribution in [3.8, 4) is 5.75 Å². The largest absolute Gasteiger partial charge is 0.489 e. The summed E-state index contributed by atoms with van der Waals surface area (Å²) >= 11 is 0. The Hall–Kier alpha value is -1.77. The Kier molecular flexibility index (Phi) is 6.29. The summed E-state index contributed by atoms with van der Waals surface area (Å²) in [5.41, 5.74) is 1.70. The van der Waals surface area contributed by atoms with Crippen LogP contribution in [0.3, 0.4) is 0 Å². The fourth-order valence-electron chi connectivity index (χ4n) is 2.10. The van der Waals surface area contributed by atoms with Crippen molar-refractivity contribution in [1.29, 1.82) is 0 Å². The van der Waals surface area contributed by atoms with Gasteiger partial charge < -0.3 is 9.64 Å². The summed E-state index contributed by atoms with van der Waals surface area (Å²) in [5, 5.41) is 0. The van der Waals surface area contributed by atoms with Gasteiger partial charge in [0.2, 0.25) is 0 Å². The van der Waals surface area contributed by atoms with Gasteiger partial charge in [0.15, 0.2) is 0 Å². The number of nitrogens with zero attached hydrogens (tertiary/aromatic N) is 1. The molecule has 1 unspecified atom stereocenters. The number of carbonyl (C=O) groups excluding carboxylic acids is 1. The van der Waals surface area contributed by atoms with Crippen molar-refractivity contribution >= 4 is 5.91 Å². The molecule has 1 aromatic rings. The summed E-state index contributed by atoms with van der Waals surface area (Å²) in [6, 6.07) is 5.92. The second-order valence-corrected chi connectivity index (χ2v) is 4.95. The van der Waals surface area contributed by atoms with E-state index in [-0.39, 0.29) is 11.9 Å². The van der Waals surface area contributed by atoms with E-state index >= 15 is 0 Å². The van der Waals surface area contributed by atoms with Crippen LogP contribution in [0.2, 0.25) is 0 Å². The molecule has 1 atom stereocenters. The summed E-state index contributed by atoms with van der Waals surface area (Å²) < 4.78 is 5.63. The number of aryl methyl sites for hydroxylation is 1. The Morgan fingerprint density at radius 2 is 2.15 bits per heavy atom. The van der Waals surface area contributed by atoms with Crippen LogP contribution in [0.25, 0.3) is 0 Å². The molecule has 1 amide bonds. The predicted octanol–water partition coefficient (Wildman–Crippen LogP) is 3.82. The van der Waals surface area contributed by atoms with Gasteiger partial charge in [0.05, 0.1) is 5.56 Å². The molecule has 0 N–H and O–H groups in total. The van der Waals surface area contributed by atoms with Gasteiger partial charge >= 0.3 is 0 Å². The van der Waals surface area contributed by atoms with Crippen LogP contribution in [0, 0.1) is 6.92 Å². The third-order valence-electron chi connectivity index (χ3n) is 3.45. The molecule has 110 valence electrons. The number of ether oxygens (including phenoxy) is 1.